The predicted octanol–water partition coefficient (Wildman–Crippen LogP) is 8.23. The summed E-state index contributed by atoms with van der Waals surface area (Å²) in [5.41, 5.74) is -0.526. The topological polar surface area (TPSA) is 71.5 Å². The number of carboxylic acid groups (broad SMARTS) is 1. The first-order valence-corrected chi connectivity index (χ1v) is 16.3. The van der Waals surface area contributed by atoms with Crippen LogP contribution in [0.5, 0.6) is 11.5 Å². The van der Waals surface area contributed by atoms with Crippen molar-refractivity contribution >= 4 is 17.3 Å². The first-order chi connectivity index (χ1) is 23.0. The summed E-state index contributed by atoms with van der Waals surface area (Å²) in [6.07, 6.45) is -0.907. The molecule has 0 spiro atoms. The number of carboxylic acids is 1. The van der Waals surface area contributed by atoms with Gasteiger partial charge in [0.1, 0.15) is 41.4 Å². The van der Waals surface area contributed by atoms with Crippen molar-refractivity contribution in [3.8, 4) is 11.5 Å². The van der Waals surface area contributed by atoms with Gasteiger partial charge in [0.25, 0.3) is 0 Å². The van der Waals surface area contributed by atoms with Crippen LogP contribution in [-0.4, -0.2) is 50.7 Å². The number of benzene rings is 3. The molecule has 1 atom stereocenters. The van der Waals surface area contributed by atoms with Gasteiger partial charge in [0, 0.05) is 31.8 Å². The summed E-state index contributed by atoms with van der Waals surface area (Å²) in [5, 5.41) is 10.3. The molecule has 12 heteroatoms. The predicted molar refractivity (Wildman–Crippen MR) is 172 cm³/mol. The van der Waals surface area contributed by atoms with Gasteiger partial charge in [0.15, 0.2) is 0 Å². The maximum atomic E-state index is 15.7. The van der Waals surface area contributed by atoms with E-state index >= 15 is 4.39 Å². The Morgan fingerprint density at radius 2 is 1.73 bits per heavy atom. The number of carbonyl (C=O) groups is 1. The van der Waals surface area contributed by atoms with Gasteiger partial charge in [0.05, 0.1) is 24.0 Å². The standard InChI is InChI=1S/C36H41F5N2O5/c1-3-4-5-20-47-32-15-11-27-31(14-12-28(37)33(27)43(32)22-24-6-9-26(46-2)10-7-24)48-23-35(34(44)45)16-18-42(19-17-35)30-13-8-25(21-29(30)38)36(39,40)41/h6-10,12-14,21,32H,3-5,11,15-20,22-23H2,1-2H3,(H,44,45). The minimum absolute atomic E-state index is 0.0149. The molecule has 1 N–H and O–H groups in total. The van der Waals surface area contributed by atoms with E-state index in [1.54, 1.807) is 12.0 Å². The molecule has 2 aliphatic heterocycles. The molecule has 0 aromatic heterocycles. The van der Waals surface area contributed by atoms with E-state index in [1.807, 2.05) is 29.2 Å². The van der Waals surface area contributed by atoms with E-state index in [9.17, 15) is 27.5 Å². The van der Waals surface area contributed by atoms with Gasteiger partial charge in [-0.05, 0) is 80.1 Å². The molecule has 0 radical (unpaired) electrons. The van der Waals surface area contributed by atoms with Gasteiger partial charge in [-0.25, -0.2) is 8.78 Å². The number of rotatable bonds is 13. The highest BCUT2D eigenvalue weighted by atomic mass is 19.4. The van der Waals surface area contributed by atoms with Crippen LogP contribution in [0.15, 0.2) is 54.6 Å². The van der Waals surface area contributed by atoms with E-state index in [0.717, 1.165) is 37.0 Å². The van der Waals surface area contributed by atoms with Crippen LogP contribution in [0.1, 0.15) is 62.1 Å². The van der Waals surface area contributed by atoms with Crippen molar-refractivity contribution in [3.63, 3.8) is 0 Å². The molecule has 0 amide bonds. The van der Waals surface area contributed by atoms with E-state index in [0.29, 0.717) is 54.8 Å². The molecule has 48 heavy (non-hydrogen) atoms. The van der Waals surface area contributed by atoms with Gasteiger partial charge in [-0.3, -0.25) is 4.79 Å². The summed E-state index contributed by atoms with van der Waals surface area (Å²) in [5.74, 6) is -1.46. The van der Waals surface area contributed by atoms with Gasteiger partial charge in [-0.15, -0.1) is 0 Å². The van der Waals surface area contributed by atoms with Crippen molar-refractivity contribution in [2.24, 2.45) is 5.41 Å². The lowest BCUT2D eigenvalue weighted by Crippen LogP contribution is -2.48. The molecule has 1 fully saturated rings. The van der Waals surface area contributed by atoms with Crippen LogP contribution < -0.4 is 19.3 Å². The molecule has 2 heterocycles. The Kier molecular flexibility index (Phi) is 11.0. The lowest BCUT2D eigenvalue weighted by Gasteiger charge is -2.41. The number of ether oxygens (including phenoxy) is 3. The van der Waals surface area contributed by atoms with Gasteiger partial charge < -0.3 is 29.1 Å². The fourth-order valence-corrected chi connectivity index (χ4v) is 6.45. The van der Waals surface area contributed by atoms with Crippen molar-refractivity contribution < 1.29 is 46.1 Å². The molecule has 260 valence electrons. The zero-order valence-corrected chi connectivity index (χ0v) is 27.1. The second-order valence-electron chi connectivity index (χ2n) is 12.4. The molecule has 3 aromatic carbocycles. The van der Waals surface area contributed by atoms with Gasteiger partial charge in [-0.2, -0.15) is 13.2 Å². The summed E-state index contributed by atoms with van der Waals surface area (Å²) in [4.78, 5) is 16.1. The van der Waals surface area contributed by atoms with Gasteiger partial charge >= 0.3 is 12.1 Å². The van der Waals surface area contributed by atoms with Crippen LogP contribution in [0.25, 0.3) is 0 Å². The summed E-state index contributed by atoms with van der Waals surface area (Å²) in [6, 6.07) is 12.7. The molecule has 1 saturated heterocycles. The fourth-order valence-electron chi connectivity index (χ4n) is 6.45. The lowest BCUT2D eigenvalue weighted by atomic mass is 9.79. The number of aliphatic carboxylic acids is 1. The van der Waals surface area contributed by atoms with Gasteiger partial charge in [0.2, 0.25) is 0 Å². The summed E-state index contributed by atoms with van der Waals surface area (Å²) >= 11 is 0. The Balaban J connectivity index is 1.34. The third-order valence-corrected chi connectivity index (χ3v) is 9.33. The SMILES string of the molecule is CCCCCOC1CCc2c(OCC3(C(=O)O)CCN(c4ccc(C(F)(F)F)cc4F)CC3)ccc(F)c2N1Cc1ccc(OC)cc1. The molecule has 0 aliphatic carbocycles. The van der Waals surface area contributed by atoms with Crippen LogP contribution in [0.3, 0.4) is 0 Å². The van der Waals surface area contributed by atoms with Crippen molar-refractivity contribution in [1.29, 1.82) is 0 Å². The molecule has 7 nitrogen and oxygen atoms in total. The second kappa shape index (κ2) is 15.0. The second-order valence-corrected chi connectivity index (χ2v) is 12.4. The van der Waals surface area contributed by atoms with Crippen molar-refractivity contribution in [1.82, 2.24) is 0 Å². The average molecular weight is 677 g/mol. The number of hydrogen-bond donors (Lipinski definition) is 1. The normalized spacial score (nSPS) is 17.6. The zero-order chi connectivity index (χ0) is 34.5. The number of anilines is 2. The lowest BCUT2D eigenvalue weighted by molar-refractivity contribution is -0.152. The summed E-state index contributed by atoms with van der Waals surface area (Å²) < 4.78 is 87.2. The van der Waals surface area contributed by atoms with E-state index in [4.69, 9.17) is 14.2 Å². The van der Waals surface area contributed by atoms with Crippen LogP contribution in [0.2, 0.25) is 0 Å². The Morgan fingerprint density at radius 1 is 1.00 bits per heavy atom. The number of unbranched alkanes of at least 4 members (excludes halogenated alkanes) is 2. The van der Waals surface area contributed by atoms with Crippen molar-refractivity contribution in [2.75, 3.05) is 43.2 Å². The number of nitrogens with zero attached hydrogens (tertiary/aromatic N) is 2. The van der Waals surface area contributed by atoms with Crippen LogP contribution in [0, 0.1) is 17.0 Å². The van der Waals surface area contributed by atoms with Crippen LogP contribution >= 0.6 is 0 Å². The molecular weight excluding hydrogens is 635 g/mol. The number of piperidine rings is 1. The molecule has 2 aliphatic rings. The summed E-state index contributed by atoms with van der Waals surface area (Å²) in [7, 11) is 1.59. The van der Waals surface area contributed by atoms with E-state index in [2.05, 4.69) is 6.92 Å². The van der Waals surface area contributed by atoms with Gasteiger partial charge in [-0.1, -0.05) is 31.9 Å². The zero-order valence-electron chi connectivity index (χ0n) is 27.1. The third-order valence-electron chi connectivity index (χ3n) is 9.33. The highest BCUT2D eigenvalue weighted by Gasteiger charge is 2.44. The Bertz CT molecular complexity index is 1560. The van der Waals surface area contributed by atoms with Crippen molar-refractivity contribution in [2.45, 2.75) is 70.8 Å². The number of fused-ring (bicyclic) bond motifs is 1. The fraction of sp³-hybridized carbons (Fsp3) is 0.472. The maximum absolute atomic E-state index is 15.7. The number of alkyl halides is 3. The third kappa shape index (κ3) is 7.80. The number of methoxy groups -OCH3 is 1. The Morgan fingerprint density at radius 3 is 2.35 bits per heavy atom. The smallest absolute Gasteiger partial charge is 0.416 e. The highest BCUT2D eigenvalue weighted by Crippen LogP contribution is 2.42. The minimum Gasteiger partial charge on any atom is -0.497 e. The maximum Gasteiger partial charge on any atom is 0.416 e. The van der Waals surface area contributed by atoms with E-state index in [1.165, 1.54) is 12.1 Å². The Hall–Kier alpha value is -4.06. The quantitative estimate of drug-likeness (QED) is 0.145. The minimum atomic E-state index is -4.67. The van der Waals surface area contributed by atoms with Crippen molar-refractivity contribution in [3.05, 3.63) is 82.9 Å². The molecule has 1 unspecified atom stereocenters. The Labute approximate surface area is 277 Å². The first kappa shape index (κ1) is 35.3. The average Bonchev–Trinajstić information content (AvgIpc) is 3.07. The van der Waals surface area contributed by atoms with E-state index in [-0.39, 0.29) is 44.5 Å². The molecule has 3 aromatic rings. The molecule has 0 bridgehead atoms. The number of halogens is 5. The summed E-state index contributed by atoms with van der Waals surface area (Å²) in [6.45, 7) is 3.02. The highest BCUT2D eigenvalue weighted by molar-refractivity contribution is 5.75. The number of hydrogen-bond acceptors (Lipinski definition) is 6. The van der Waals surface area contributed by atoms with Crippen LogP contribution in [0.4, 0.5) is 33.3 Å². The molecule has 5 rings (SSSR count). The molecule has 0 saturated carbocycles. The molecular formula is C36H41F5N2O5. The van der Waals surface area contributed by atoms with Crippen LogP contribution in [-0.2, 0) is 28.7 Å². The van der Waals surface area contributed by atoms with E-state index < -0.39 is 34.8 Å². The monoisotopic (exact) mass is 676 g/mol. The largest absolute Gasteiger partial charge is 0.497 e. The first-order valence-electron chi connectivity index (χ1n) is 16.3.